The number of halogens is 1. The molecule has 1 atom stereocenters. The van der Waals surface area contributed by atoms with E-state index in [0.29, 0.717) is 29.8 Å². The Hall–Kier alpha value is -1.75. The van der Waals surface area contributed by atoms with Gasteiger partial charge in [0.25, 0.3) is 5.91 Å². The number of amides is 2. The zero-order chi connectivity index (χ0) is 18.5. The number of ether oxygens (including phenoxy) is 1. The van der Waals surface area contributed by atoms with Crippen molar-refractivity contribution in [3.63, 3.8) is 0 Å². The first-order valence-electron chi connectivity index (χ1n) is 9.48. The molecule has 0 aliphatic carbocycles. The minimum absolute atomic E-state index is 0.0177. The lowest BCUT2D eigenvalue weighted by Gasteiger charge is -2.37. The number of carbonyl (C=O) groups is 2. The molecule has 0 bridgehead atoms. The van der Waals surface area contributed by atoms with Gasteiger partial charge in [0.2, 0.25) is 5.91 Å². The highest BCUT2D eigenvalue weighted by Gasteiger charge is 2.31. The van der Waals surface area contributed by atoms with Gasteiger partial charge in [-0.25, -0.2) is 0 Å². The number of hydrogen-bond acceptors (Lipinski definition) is 3. The van der Waals surface area contributed by atoms with Crippen molar-refractivity contribution >= 4 is 23.4 Å². The second-order valence-electron chi connectivity index (χ2n) is 7.43. The smallest absolute Gasteiger partial charge is 0.260 e. The van der Waals surface area contributed by atoms with E-state index in [2.05, 4.69) is 6.92 Å². The van der Waals surface area contributed by atoms with E-state index in [4.69, 9.17) is 16.3 Å². The highest BCUT2D eigenvalue weighted by molar-refractivity contribution is 6.30. The summed E-state index contributed by atoms with van der Waals surface area (Å²) in [7, 11) is 0. The van der Waals surface area contributed by atoms with E-state index in [1.165, 1.54) is 6.42 Å². The molecule has 0 spiro atoms. The molecular weight excluding hydrogens is 352 g/mol. The van der Waals surface area contributed by atoms with Crippen LogP contribution in [-0.2, 0) is 9.59 Å². The van der Waals surface area contributed by atoms with Gasteiger partial charge in [0.15, 0.2) is 6.61 Å². The zero-order valence-corrected chi connectivity index (χ0v) is 16.1. The minimum Gasteiger partial charge on any atom is -0.484 e. The number of likely N-dealkylation sites (tertiary alicyclic amines) is 2. The topological polar surface area (TPSA) is 49.9 Å². The Morgan fingerprint density at radius 2 is 1.77 bits per heavy atom. The summed E-state index contributed by atoms with van der Waals surface area (Å²) < 4.78 is 5.53. The zero-order valence-electron chi connectivity index (χ0n) is 15.3. The average Bonchev–Trinajstić information content (AvgIpc) is 2.67. The van der Waals surface area contributed by atoms with Crippen molar-refractivity contribution in [3.05, 3.63) is 29.3 Å². The van der Waals surface area contributed by atoms with Crippen LogP contribution in [0.25, 0.3) is 0 Å². The Labute approximate surface area is 160 Å². The normalized spacial score (nSPS) is 21.5. The highest BCUT2D eigenvalue weighted by Crippen LogP contribution is 2.24. The number of nitrogens with zero attached hydrogens (tertiary/aromatic N) is 2. The Bertz CT molecular complexity index is 626. The maximum absolute atomic E-state index is 12.7. The first-order chi connectivity index (χ1) is 12.5. The lowest BCUT2D eigenvalue weighted by atomic mass is 9.93. The molecule has 1 aromatic rings. The van der Waals surface area contributed by atoms with Gasteiger partial charge in [0.1, 0.15) is 5.75 Å². The van der Waals surface area contributed by atoms with Crippen molar-refractivity contribution in [2.45, 2.75) is 32.6 Å². The summed E-state index contributed by atoms with van der Waals surface area (Å²) >= 11 is 5.84. The highest BCUT2D eigenvalue weighted by atomic mass is 35.5. The molecule has 2 aliphatic heterocycles. The van der Waals surface area contributed by atoms with Crippen molar-refractivity contribution in [1.82, 2.24) is 9.80 Å². The number of hydrogen-bond donors (Lipinski definition) is 0. The van der Waals surface area contributed by atoms with Crippen LogP contribution in [0.4, 0.5) is 0 Å². The monoisotopic (exact) mass is 378 g/mol. The van der Waals surface area contributed by atoms with Crippen LogP contribution in [0.5, 0.6) is 5.75 Å². The largest absolute Gasteiger partial charge is 0.484 e. The van der Waals surface area contributed by atoms with Crippen LogP contribution < -0.4 is 4.74 Å². The van der Waals surface area contributed by atoms with E-state index in [-0.39, 0.29) is 24.3 Å². The van der Waals surface area contributed by atoms with E-state index in [1.54, 1.807) is 29.2 Å². The van der Waals surface area contributed by atoms with Gasteiger partial charge in [-0.2, -0.15) is 0 Å². The Morgan fingerprint density at radius 1 is 1.08 bits per heavy atom. The van der Waals surface area contributed by atoms with Gasteiger partial charge in [-0.05, 0) is 55.9 Å². The molecule has 1 aromatic carbocycles. The molecule has 6 heteroatoms. The van der Waals surface area contributed by atoms with E-state index >= 15 is 0 Å². The molecule has 2 aliphatic rings. The van der Waals surface area contributed by atoms with E-state index in [0.717, 1.165) is 32.4 Å². The van der Waals surface area contributed by atoms with Gasteiger partial charge < -0.3 is 14.5 Å². The molecule has 142 valence electrons. The Morgan fingerprint density at radius 3 is 2.42 bits per heavy atom. The summed E-state index contributed by atoms with van der Waals surface area (Å²) in [5.74, 6) is 1.53. The van der Waals surface area contributed by atoms with Crippen LogP contribution in [0.15, 0.2) is 24.3 Å². The molecule has 2 saturated heterocycles. The fourth-order valence-corrected chi connectivity index (χ4v) is 3.92. The van der Waals surface area contributed by atoms with Gasteiger partial charge in [0.05, 0.1) is 0 Å². The molecule has 2 heterocycles. The Balaban J connectivity index is 1.43. The predicted molar refractivity (Wildman–Crippen MR) is 101 cm³/mol. The number of carbonyl (C=O) groups excluding carboxylic acids is 2. The van der Waals surface area contributed by atoms with Crippen LogP contribution in [0, 0.1) is 11.8 Å². The molecular formula is C20H27ClN2O3. The van der Waals surface area contributed by atoms with E-state index in [9.17, 15) is 9.59 Å². The van der Waals surface area contributed by atoms with Gasteiger partial charge >= 0.3 is 0 Å². The number of rotatable bonds is 4. The molecule has 26 heavy (non-hydrogen) atoms. The standard InChI is InChI=1S/C20H27ClN2O3/c1-15-3-2-10-23(13-15)20(25)16-8-11-22(12-9-16)19(24)14-26-18-6-4-17(21)5-7-18/h4-7,15-16H,2-3,8-14H2,1H3. The lowest BCUT2D eigenvalue weighted by Crippen LogP contribution is -2.47. The SMILES string of the molecule is CC1CCCN(C(=O)C2CCN(C(=O)COc3ccc(Cl)cc3)CC2)C1. The van der Waals surface area contributed by atoms with Crippen molar-refractivity contribution in [3.8, 4) is 5.75 Å². The van der Waals surface area contributed by atoms with Gasteiger partial charge in [-0.3, -0.25) is 9.59 Å². The second kappa shape index (κ2) is 8.76. The molecule has 0 saturated carbocycles. The summed E-state index contributed by atoms with van der Waals surface area (Å²) in [6.07, 6.45) is 3.81. The van der Waals surface area contributed by atoms with E-state index < -0.39 is 0 Å². The quantitative estimate of drug-likeness (QED) is 0.808. The lowest BCUT2D eigenvalue weighted by molar-refractivity contribution is -0.142. The number of benzene rings is 1. The third-order valence-corrected chi connectivity index (χ3v) is 5.59. The number of piperidine rings is 2. The van der Waals surface area contributed by atoms with Crippen LogP contribution in [0.3, 0.4) is 0 Å². The van der Waals surface area contributed by atoms with Gasteiger partial charge in [-0.15, -0.1) is 0 Å². The van der Waals surface area contributed by atoms with Crippen LogP contribution in [-0.4, -0.2) is 54.4 Å². The van der Waals surface area contributed by atoms with Gasteiger partial charge in [0, 0.05) is 37.1 Å². The minimum atomic E-state index is -0.0301. The Kier molecular flexibility index (Phi) is 6.41. The third-order valence-electron chi connectivity index (χ3n) is 5.34. The average molecular weight is 379 g/mol. The van der Waals surface area contributed by atoms with Gasteiger partial charge in [-0.1, -0.05) is 18.5 Å². The molecule has 2 amide bonds. The summed E-state index contributed by atoms with van der Waals surface area (Å²) in [6, 6.07) is 6.97. The summed E-state index contributed by atoms with van der Waals surface area (Å²) in [5, 5.41) is 0.638. The molecule has 0 aromatic heterocycles. The fourth-order valence-electron chi connectivity index (χ4n) is 3.79. The maximum atomic E-state index is 12.7. The van der Waals surface area contributed by atoms with Crippen LogP contribution in [0.2, 0.25) is 5.02 Å². The molecule has 2 fully saturated rings. The molecule has 1 unspecified atom stereocenters. The molecule has 5 nitrogen and oxygen atoms in total. The molecule has 0 radical (unpaired) electrons. The summed E-state index contributed by atoms with van der Waals surface area (Å²) in [4.78, 5) is 28.9. The van der Waals surface area contributed by atoms with Crippen molar-refractivity contribution in [1.29, 1.82) is 0 Å². The second-order valence-corrected chi connectivity index (χ2v) is 7.87. The van der Waals surface area contributed by atoms with Crippen LogP contribution in [0.1, 0.15) is 32.6 Å². The summed E-state index contributed by atoms with van der Waals surface area (Å²) in [5.41, 5.74) is 0. The van der Waals surface area contributed by atoms with Crippen molar-refractivity contribution in [2.75, 3.05) is 32.8 Å². The first kappa shape index (κ1) is 19.0. The third kappa shape index (κ3) is 4.91. The van der Waals surface area contributed by atoms with Crippen molar-refractivity contribution < 1.29 is 14.3 Å². The predicted octanol–water partition coefficient (Wildman–Crippen LogP) is 3.22. The molecule has 3 rings (SSSR count). The summed E-state index contributed by atoms with van der Waals surface area (Å²) in [6.45, 7) is 5.25. The fraction of sp³-hybridized carbons (Fsp3) is 0.600. The van der Waals surface area contributed by atoms with Crippen LogP contribution >= 0.6 is 11.6 Å². The van der Waals surface area contributed by atoms with E-state index in [1.807, 2.05) is 4.90 Å². The molecule has 0 N–H and O–H groups in total. The van der Waals surface area contributed by atoms with Crippen molar-refractivity contribution in [2.24, 2.45) is 11.8 Å². The maximum Gasteiger partial charge on any atom is 0.260 e. The first-order valence-corrected chi connectivity index (χ1v) is 9.85.